The smallest absolute Gasteiger partial charge is 0.188 e. The summed E-state index contributed by atoms with van der Waals surface area (Å²) >= 11 is 0. The average Bonchev–Trinajstić information content (AvgIpc) is 2.18. The van der Waals surface area contributed by atoms with Crippen LogP contribution < -0.4 is 4.90 Å². The van der Waals surface area contributed by atoms with Crippen LogP contribution in [0.4, 0.5) is 5.69 Å². The highest BCUT2D eigenvalue weighted by molar-refractivity contribution is 6.04. The fraction of sp³-hybridized carbons (Fsp3) is 0.182. The van der Waals surface area contributed by atoms with Crippen molar-refractivity contribution in [3.8, 4) is 0 Å². The molecule has 0 saturated heterocycles. The zero-order valence-corrected chi connectivity index (χ0v) is 8.27. The standard InChI is InChI=1S/C11H13NO2/c1-12(2)10-5-3-9(4-6-10)11(14)7-8-13/h3-8,13H,1-2H3/b8-7+. The SMILES string of the molecule is CN(C)c1ccc(C(=O)/C=C/O)cc1. The van der Waals surface area contributed by atoms with Crippen molar-refractivity contribution in [2.75, 3.05) is 19.0 Å². The molecule has 0 aliphatic carbocycles. The molecule has 14 heavy (non-hydrogen) atoms. The van der Waals surface area contributed by atoms with Crippen molar-refractivity contribution >= 4 is 11.5 Å². The number of nitrogens with zero attached hydrogens (tertiary/aromatic N) is 1. The molecule has 0 unspecified atom stereocenters. The Hall–Kier alpha value is -1.77. The maximum atomic E-state index is 11.3. The third-order valence-corrected chi connectivity index (χ3v) is 1.89. The fourth-order valence-corrected chi connectivity index (χ4v) is 1.09. The molecule has 3 nitrogen and oxygen atoms in total. The molecule has 0 amide bonds. The van der Waals surface area contributed by atoms with Gasteiger partial charge in [0.25, 0.3) is 0 Å². The van der Waals surface area contributed by atoms with Crippen LogP contribution in [0.2, 0.25) is 0 Å². The highest BCUT2D eigenvalue weighted by Crippen LogP contribution is 2.12. The molecule has 0 heterocycles. The van der Waals surface area contributed by atoms with Gasteiger partial charge in [-0.15, -0.1) is 0 Å². The first kappa shape index (κ1) is 10.3. The number of benzene rings is 1. The Morgan fingerprint density at radius 2 is 1.86 bits per heavy atom. The van der Waals surface area contributed by atoms with E-state index in [4.69, 9.17) is 5.11 Å². The summed E-state index contributed by atoms with van der Waals surface area (Å²) < 4.78 is 0. The maximum Gasteiger partial charge on any atom is 0.188 e. The van der Waals surface area contributed by atoms with Crippen molar-refractivity contribution in [2.24, 2.45) is 0 Å². The quantitative estimate of drug-likeness (QED) is 0.451. The fourth-order valence-electron chi connectivity index (χ4n) is 1.09. The van der Waals surface area contributed by atoms with Gasteiger partial charge >= 0.3 is 0 Å². The minimum atomic E-state index is -0.196. The van der Waals surface area contributed by atoms with Gasteiger partial charge in [-0.05, 0) is 24.3 Å². The molecule has 74 valence electrons. The third kappa shape index (κ3) is 2.36. The van der Waals surface area contributed by atoms with Crippen LogP contribution in [0.3, 0.4) is 0 Å². The Labute approximate surface area is 83.3 Å². The summed E-state index contributed by atoms with van der Waals surface area (Å²) in [4.78, 5) is 13.2. The molecule has 0 bridgehead atoms. The zero-order valence-electron chi connectivity index (χ0n) is 8.27. The van der Waals surface area contributed by atoms with Crippen molar-refractivity contribution < 1.29 is 9.90 Å². The van der Waals surface area contributed by atoms with Gasteiger partial charge in [0.05, 0.1) is 6.26 Å². The van der Waals surface area contributed by atoms with Gasteiger partial charge in [0.2, 0.25) is 0 Å². The van der Waals surface area contributed by atoms with E-state index in [0.29, 0.717) is 5.56 Å². The number of carbonyl (C=O) groups is 1. The van der Waals surface area contributed by atoms with Gasteiger partial charge in [-0.3, -0.25) is 4.79 Å². The molecule has 0 aromatic heterocycles. The molecule has 0 aliphatic heterocycles. The number of allylic oxidation sites excluding steroid dienone is 1. The molecule has 0 fully saturated rings. The van der Waals surface area contributed by atoms with E-state index in [9.17, 15) is 4.79 Å². The van der Waals surface area contributed by atoms with Gasteiger partial charge in [0.1, 0.15) is 0 Å². The second-order valence-electron chi connectivity index (χ2n) is 3.12. The summed E-state index contributed by atoms with van der Waals surface area (Å²) in [6.07, 6.45) is 1.88. The normalized spacial score (nSPS) is 10.4. The van der Waals surface area contributed by atoms with E-state index in [1.54, 1.807) is 12.1 Å². The highest BCUT2D eigenvalue weighted by atomic mass is 16.2. The topological polar surface area (TPSA) is 40.5 Å². The summed E-state index contributed by atoms with van der Waals surface area (Å²) in [5.74, 6) is -0.196. The molecular weight excluding hydrogens is 178 g/mol. The predicted octanol–water partition coefficient (Wildman–Crippen LogP) is 2.01. The molecule has 0 saturated carbocycles. The van der Waals surface area contributed by atoms with Crippen molar-refractivity contribution in [1.82, 2.24) is 0 Å². The molecule has 3 heteroatoms. The van der Waals surface area contributed by atoms with E-state index >= 15 is 0 Å². The first-order valence-corrected chi connectivity index (χ1v) is 4.27. The van der Waals surface area contributed by atoms with E-state index in [2.05, 4.69) is 0 Å². The minimum Gasteiger partial charge on any atom is -0.515 e. The Balaban J connectivity index is 2.88. The second-order valence-corrected chi connectivity index (χ2v) is 3.12. The van der Waals surface area contributed by atoms with E-state index in [1.165, 1.54) is 0 Å². The first-order valence-electron chi connectivity index (χ1n) is 4.27. The maximum absolute atomic E-state index is 11.3. The summed E-state index contributed by atoms with van der Waals surface area (Å²) in [6, 6.07) is 7.19. The lowest BCUT2D eigenvalue weighted by atomic mass is 10.1. The van der Waals surface area contributed by atoms with Crippen molar-refractivity contribution in [1.29, 1.82) is 0 Å². The van der Waals surface area contributed by atoms with E-state index in [-0.39, 0.29) is 5.78 Å². The van der Waals surface area contributed by atoms with Crippen LogP contribution >= 0.6 is 0 Å². The number of carbonyl (C=O) groups excluding carboxylic acids is 1. The lowest BCUT2D eigenvalue weighted by molar-refractivity contribution is 0.104. The van der Waals surface area contributed by atoms with Crippen LogP contribution in [0.25, 0.3) is 0 Å². The van der Waals surface area contributed by atoms with Crippen LogP contribution in [-0.4, -0.2) is 25.0 Å². The zero-order chi connectivity index (χ0) is 10.6. The van der Waals surface area contributed by atoms with Gasteiger partial charge in [0.15, 0.2) is 5.78 Å². The number of aliphatic hydroxyl groups excluding tert-OH is 1. The number of ketones is 1. The van der Waals surface area contributed by atoms with Crippen molar-refractivity contribution in [3.63, 3.8) is 0 Å². The molecule has 0 radical (unpaired) electrons. The molecule has 0 atom stereocenters. The monoisotopic (exact) mass is 191 g/mol. The summed E-state index contributed by atoms with van der Waals surface area (Å²) in [5.41, 5.74) is 1.61. The summed E-state index contributed by atoms with van der Waals surface area (Å²) in [7, 11) is 3.87. The number of anilines is 1. The molecule has 1 aromatic carbocycles. The molecule has 0 aliphatic rings. The second kappa shape index (κ2) is 4.46. The molecular formula is C11H13NO2. The van der Waals surface area contributed by atoms with Crippen LogP contribution in [-0.2, 0) is 0 Å². The first-order chi connectivity index (χ1) is 6.65. The number of hydrogen-bond acceptors (Lipinski definition) is 3. The lowest BCUT2D eigenvalue weighted by Gasteiger charge is -2.11. The minimum absolute atomic E-state index is 0.196. The van der Waals surface area contributed by atoms with E-state index < -0.39 is 0 Å². The van der Waals surface area contributed by atoms with Crippen LogP contribution in [0.15, 0.2) is 36.6 Å². The highest BCUT2D eigenvalue weighted by Gasteiger charge is 2.01. The van der Waals surface area contributed by atoms with E-state index in [1.807, 2.05) is 31.1 Å². The molecule has 0 spiro atoms. The average molecular weight is 191 g/mol. The Morgan fingerprint density at radius 1 is 1.29 bits per heavy atom. The predicted molar refractivity (Wildman–Crippen MR) is 56.9 cm³/mol. The van der Waals surface area contributed by atoms with Crippen molar-refractivity contribution in [3.05, 3.63) is 42.2 Å². The van der Waals surface area contributed by atoms with Crippen LogP contribution in [0.1, 0.15) is 10.4 Å². The van der Waals surface area contributed by atoms with Gasteiger partial charge in [-0.2, -0.15) is 0 Å². The third-order valence-electron chi connectivity index (χ3n) is 1.89. The molecule has 1 N–H and O–H groups in total. The Bertz CT molecular complexity index is 339. The van der Waals surface area contributed by atoms with E-state index in [0.717, 1.165) is 18.0 Å². The Morgan fingerprint density at radius 3 is 2.29 bits per heavy atom. The number of rotatable bonds is 3. The summed E-state index contributed by atoms with van der Waals surface area (Å²) in [5, 5.41) is 8.43. The van der Waals surface area contributed by atoms with Gasteiger partial charge in [-0.25, -0.2) is 0 Å². The van der Waals surface area contributed by atoms with Crippen LogP contribution in [0.5, 0.6) is 0 Å². The lowest BCUT2D eigenvalue weighted by Crippen LogP contribution is -2.08. The van der Waals surface area contributed by atoms with Gasteiger partial charge < -0.3 is 10.0 Å². The van der Waals surface area contributed by atoms with Crippen LogP contribution in [0, 0.1) is 0 Å². The van der Waals surface area contributed by atoms with Gasteiger partial charge in [0, 0.05) is 31.4 Å². The molecule has 1 rings (SSSR count). The van der Waals surface area contributed by atoms with Gasteiger partial charge in [-0.1, -0.05) is 0 Å². The number of hydrogen-bond donors (Lipinski definition) is 1. The molecule has 1 aromatic rings. The number of aliphatic hydroxyl groups is 1. The Kier molecular flexibility index (Phi) is 3.29. The summed E-state index contributed by atoms with van der Waals surface area (Å²) in [6.45, 7) is 0. The van der Waals surface area contributed by atoms with Crippen molar-refractivity contribution in [2.45, 2.75) is 0 Å². The largest absolute Gasteiger partial charge is 0.515 e.